The maximum atomic E-state index is 11.5. The first-order valence-electron chi connectivity index (χ1n) is 5.67. The number of nitrogens with two attached hydrogens (primary N) is 1. The highest BCUT2D eigenvalue weighted by molar-refractivity contribution is 5.77. The van der Waals surface area contributed by atoms with Gasteiger partial charge in [0, 0.05) is 6.54 Å². The highest BCUT2D eigenvalue weighted by Gasteiger charge is 2.26. The summed E-state index contributed by atoms with van der Waals surface area (Å²) in [7, 11) is 0. The van der Waals surface area contributed by atoms with E-state index in [0.717, 1.165) is 0 Å². The van der Waals surface area contributed by atoms with Crippen LogP contribution in [0.3, 0.4) is 0 Å². The number of carbonyl (C=O) groups is 2. The maximum Gasteiger partial charge on any atom is 0.324 e. The lowest BCUT2D eigenvalue weighted by Crippen LogP contribution is -2.51. The van der Waals surface area contributed by atoms with E-state index in [4.69, 9.17) is 15.6 Å². The molecule has 0 aromatic carbocycles. The number of aliphatic hydroxyl groups excluding tert-OH is 1. The molecule has 0 aromatic rings. The summed E-state index contributed by atoms with van der Waals surface area (Å²) in [5, 5.41) is 20.5. The van der Waals surface area contributed by atoms with Gasteiger partial charge in [-0.1, -0.05) is 0 Å². The lowest BCUT2D eigenvalue weighted by molar-refractivity contribution is -0.156. The van der Waals surface area contributed by atoms with Crippen LogP contribution in [-0.4, -0.2) is 52.5 Å². The lowest BCUT2D eigenvalue weighted by atomic mass is 10.1. The fourth-order valence-corrected chi connectivity index (χ4v) is 1.18. The molecule has 0 spiro atoms. The summed E-state index contributed by atoms with van der Waals surface area (Å²) in [6.45, 7) is 6.38. The number of carboxylic acid groups (broad SMARTS) is 1. The molecular weight excluding hydrogens is 240 g/mol. The van der Waals surface area contributed by atoms with Gasteiger partial charge in [0.15, 0.2) is 0 Å². The van der Waals surface area contributed by atoms with Gasteiger partial charge in [0.2, 0.25) is 0 Å². The molecule has 18 heavy (non-hydrogen) atoms. The van der Waals surface area contributed by atoms with E-state index in [9.17, 15) is 14.7 Å². The molecule has 0 aliphatic carbocycles. The summed E-state index contributed by atoms with van der Waals surface area (Å²) in [4.78, 5) is 22.3. The van der Waals surface area contributed by atoms with Crippen LogP contribution in [0.1, 0.15) is 27.7 Å². The number of hydrogen-bond donors (Lipinski definition) is 4. The molecule has 0 amide bonds. The van der Waals surface area contributed by atoms with Crippen LogP contribution in [0.15, 0.2) is 0 Å². The van der Waals surface area contributed by atoms with Crippen LogP contribution in [-0.2, 0) is 14.3 Å². The Kier molecular flexibility index (Phi) is 6.23. The predicted octanol–water partition coefficient (Wildman–Crippen LogP) is -0.921. The fraction of sp³-hybridized carbons (Fsp3) is 0.818. The van der Waals surface area contributed by atoms with E-state index in [2.05, 4.69) is 5.32 Å². The van der Waals surface area contributed by atoms with Gasteiger partial charge in [-0.15, -0.1) is 0 Å². The van der Waals surface area contributed by atoms with E-state index in [1.807, 2.05) is 0 Å². The van der Waals surface area contributed by atoms with E-state index in [0.29, 0.717) is 0 Å². The first-order chi connectivity index (χ1) is 8.04. The van der Waals surface area contributed by atoms with Crippen molar-refractivity contribution < 1.29 is 24.5 Å². The number of ether oxygens (including phenoxy) is 1. The zero-order valence-electron chi connectivity index (χ0n) is 11.1. The molecule has 0 heterocycles. The Balaban J connectivity index is 4.28. The standard InChI is InChI=1S/C11H22N2O5/c1-6(14)8(9(15)16)13-5-7(12)10(17)18-11(2,3)4/h6-8,13-14H,5,12H2,1-4H3,(H,15,16)/t6-,7?,8+/m1/s1. The minimum Gasteiger partial charge on any atom is -0.480 e. The maximum absolute atomic E-state index is 11.5. The van der Waals surface area contributed by atoms with Crippen molar-refractivity contribution in [2.24, 2.45) is 5.73 Å². The highest BCUT2D eigenvalue weighted by Crippen LogP contribution is 2.07. The van der Waals surface area contributed by atoms with Crippen molar-refractivity contribution in [3.8, 4) is 0 Å². The van der Waals surface area contributed by atoms with Crippen LogP contribution in [0.4, 0.5) is 0 Å². The van der Waals surface area contributed by atoms with Crippen molar-refractivity contribution in [3.05, 3.63) is 0 Å². The third-order valence-electron chi connectivity index (χ3n) is 2.02. The van der Waals surface area contributed by atoms with Crippen molar-refractivity contribution in [1.82, 2.24) is 5.32 Å². The average Bonchev–Trinajstić information content (AvgIpc) is 2.13. The van der Waals surface area contributed by atoms with Gasteiger partial charge < -0.3 is 26.0 Å². The first kappa shape index (κ1) is 16.8. The van der Waals surface area contributed by atoms with Gasteiger partial charge in [0.1, 0.15) is 17.7 Å². The second-order valence-corrected chi connectivity index (χ2v) is 5.10. The molecule has 7 heteroatoms. The van der Waals surface area contributed by atoms with E-state index in [-0.39, 0.29) is 6.54 Å². The molecule has 0 radical (unpaired) electrons. The predicted molar refractivity (Wildman–Crippen MR) is 64.9 cm³/mol. The topological polar surface area (TPSA) is 122 Å². The Labute approximate surface area is 106 Å². The van der Waals surface area contributed by atoms with Crippen molar-refractivity contribution >= 4 is 11.9 Å². The Morgan fingerprint density at radius 1 is 1.39 bits per heavy atom. The molecule has 0 aliphatic heterocycles. The van der Waals surface area contributed by atoms with Gasteiger partial charge >= 0.3 is 11.9 Å². The van der Waals surface area contributed by atoms with Crippen molar-refractivity contribution in [1.29, 1.82) is 0 Å². The first-order valence-corrected chi connectivity index (χ1v) is 5.67. The van der Waals surface area contributed by atoms with Crippen LogP contribution in [0.25, 0.3) is 0 Å². The smallest absolute Gasteiger partial charge is 0.324 e. The Hall–Kier alpha value is -1.18. The third kappa shape index (κ3) is 6.53. The van der Waals surface area contributed by atoms with Crippen LogP contribution >= 0.6 is 0 Å². The Bertz CT molecular complexity index is 298. The van der Waals surface area contributed by atoms with Crippen molar-refractivity contribution in [2.75, 3.05) is 6.54 Å². The second kappa shape index (κ2) is 6.67. The third-order valence-corrected chi connectivity index (χ3v) is 2.02. The Morgan fingerprint density at radius 2 is 1.89 bits per heavy atom. The number of nitrogens with one attached hydrogen (secondary N) is 1. The van der Waals surface area contributed by atoms with Gasteiger partial charge in [-0.25, -0.2) is 0 Å². The van der Waals surface area contributed by atoms with Crippen LogP contribution in [0.2, 0.25) is 0 Å². The molecule has 5 N–H and O–H groups in total. The molecule has 0 aromatic heterocycles. The number of aliphatic hydroxyl groups is 1. The molecular formula is C11H22N2O5. The number of carboxylic acids is 1. The van der Waals surface area contributed by atoms with Crippen molar-refractivity contribution in [3.63, 3.8) is 0 Å². The molecule has 0 rings (SSSR count). The van der Waals surface area contributed by atoms with Crippen molar-refractivity contribution in [2.45, 2.75) is 51.5 Å². The average molecular weight is 262 g/mol. The number of rotatable bonds is 6. The van der Waals surface area contributed by atoms with Crippen LogP contribution in [0.5, 0.6) is 0 Å². The van der Waals surface area contributed by atoms with Gasteiger partial charge in [-0.3, -0.25) is 9.59 Å². The lowest BCUT2D eigenvalue weighted by Gasteiger charge is -2.23. The molecule has 0 saturated carbocycles. The van der Waals surface area contributed by atoms with Gasteiger partial charge in [-0.05, 0) is 27.7 Å². The van der Waals surface area contributed by atoms with Gasteiger partial charge in [-0.2, -0.15) is 0 Å². The normalized spacial score (nSPS) is 16.8. The van der Waals surface area contributed by atoms with Gasteiger partial charge in [0.25, 0.3) is 0 Å². The summed E-state index contributed by atoms with van der Waals surface area (Å²) >= 11 is 0. The van der Waals surface area contributed by atoms with Crippen LogP contribution < -0.4 is 11.1 Å². The van der Waals surface area contributed by atoms with Gasteiger partial charge in [0.05, 0.1) is 6.10 Å². The summed E-state index contributed by atoms with van der Waals surface area (Å²) in [5.74, 6) is -1.83. The zero-order chi connectivity index (χ0) is 14.5. The molecule has 7 nitrogen and oxygen atoms in total. The zero-order valence-corrected chi connectivity index (χ0v) is 11.1. The highest BCUT2D eigenvalue weighted by atomic mass is 16.6. The summed E-state index contributed by atoms with van der Waals surface area (Å²) in [5.41, 5.74) is 4.91. The molecule has 0 saturated heterocycles. The second-order valence-electron chi connectivity index (χ2n) is 5.10. The molecule has 0 bridgehead atoms. The number of carbonyl (C=O) groups excluding carboxylic acids is 1. The molecule has 1 unspecified atom stereocenters. The van der Waals surface area contributed by atoms with Crippen LogP contribution in [0, 0.1) is 0 Å². The largest absolute Gasteiger partial charge is 0.480 e. The minimum atomic E-state index is -1.21. The number of hydrogen-bond acceptors (Lipinski definition) is 6. The SMILES string of the molecule is C[C@@H](O)[C@H](NCC(N)C(=O)OC(C)(C)C)C(=O)O. The molecule has 106 valence electrons. The fourth-order valence-electron chi connectivity index (χ4n) is 1.18. The number of esters is 1. The minimum absolute atomic E-state index is 0.0865. The summed E-state index contributed by atoms with van der Waals surface area (Å²) in [6, 6.07) is -2.15. The number of aliphatic carboxylic acids is 1. The Morgan fingerprint density at radius 3 is 2.22 bits per heavy atom. The summed E-state index contributed by atoms with van der Waals surface area (Å²) < 4.78 is 5.04. The quantitative estimate of drug-likeness (QED) is 0.456. The summed E-state index contributed by atoms with van der Waals surface area (Å²) in [6.07, 6.45) is -1.09. The van der Waals surface area contributed by atoms with E-state index >= 15 is 0 Å². The molecule has 0 fully saturated rings. The van der Waals surface area contributed by atoms with E-state index in [1.54, 1.807) is 20.8 Å². The molecule has 0 aliphatic rings. The molecule has 3 atom stereocenters. The van der Waals surface area contributed by atoms with E-state index in [1.165, 1.54) is 6.92 Å². The van der Waals surface area contributed by atoms with E-state index < -0.39 is 35.7 Å². The monoisotopic (exact) mass is 262 g/mol.